The Bertz CT molecular complexity index is 1260. The lowest BCUT2D eigenvalue weighted by Gasteiger charge is -2.26. The van der Waals surface area contributed by atoms with Crippen molar-refractivity contribution < 1.29 is 48.1 Å². The lowest BCUT2D eigenvalue weighted by molar-refractivity contribution is 0.214. The normalized spacial score (nSPS) is 11.2. The molecule has 2 aromatic carbocycles. The summed E-state index contributed by atoms with van der Waals surface area (Å²) in [7, 11) is 0. The van der Waals surface area contributed by atoms with Gasteiger partial charge in [0.25, 0.3) is 0 Å². The molecule has 2 rings (SSSR count). The van der Waals surface area contributed by atoms with Crippen LogP contribution in [0.5, 0.6) is 57.5 Å². The quantitative estimate of drug-likeness (QED) is 0.0621. The van der Waals surface area contributed by atoms with Gasteiger partial charge >= 0.3 is 0 Å². The van der Waals surface area contributed by atoms with E-state index < -0.39 is 0 Å². The van der Waals surface area contributed by atoms with Gasteiger partial charge in [-0.2, -0.15) is 0 Å². The maximum atomic E-state index is 12.3. The van der Waals surface area contributed by atoms with Gasteiger partial charge in [-0.15, -0.1) is 0 Å². The minimum atomic E-state index is -0.124. The summed E-state index contributed by atoms with van der Waals surface area (Å²) in [6.45, 7) is 20.5. The van der Waals surface area contributed by atoms with Gasteiger partial charge in [0.1, 0.15) is 9.79 Å². The highest BCUT2D eigenvalue weighted by atomic mass is 32.2. The second-order valence-electron chi connectivity index (χ2n) is 16.5. The Labute approximate surface area is 388 Å². The molecule has 63 heavy (non-hydrogen) atoms. The average molecular weight is 907 g/mol. The largest absolute Gasteiger partial charge is 0.501 e. The molecule has 0 saturated heterocycles. The summed E-state index contributed by atoms with van der Waals surface area (Å²) in [6, 6.07) is 0. The lowest BCUT2D eigenvalue weighted by atomic mass is 10.2. The molecule has 0 amide bonds. The van der Waals surface area contributed by atoms with Crippen molar-refractivity contribution in [1.82, 2.24) is 0 Å². The Morgan fingerprint density at radius 1 is 0.254 bits per heavy atom. The maximum absolute atomic E-state index is 12.3. The Hall–Kier alpha value is -3.21. The van der Waals surface area contributed by atoms with E-state index in [9.17, 15) is 10.2 Å². The Balaban J connectivity index is 3.22. The average Bonchev–Trinajstić information content (AvgIpc) is 3.28. The SMILES string of the molecule is CCCCCOc1c(O)c(OCCCCC)c(OCCCCC)c(Sc2c(OCCCCC)c(OCCCCC)c(O)c(OCCCCC)c2OCCCCC)c1OCCCCC. The van der Waals surface area contributed by atoms with E-state index in [1.54, 1.807) is 0 Å². The molecule has 0 atom stereocenters. The van der Waals surface area contributed by atoms with Crippen LogP contribution in [0.2, 0.25) is 0 Å². The van der Waals surface area contributed by atoms with E-state index in [0.29, 0.717) is 85.6 Å². The monoisotopic (exact) mass is 907 g/mol. The van der Waals surface area contributed by atoms with Gasteiger partial charge in [-0.1, -0.05) is 170 Å². The predicted molar refractivity (Wildman–Crippen MR) is 260 cm³/mol. The van der Waals surface area contributed by atoms with E-state index in [1.165, 1.54) is 11.8 Å². The molecule has 0 aliphatic carbocycles. The van der Waals surface area contributed by atoms with Gasteiger partial charge < -0.3 is 48.1 Å². The molecule has 0 saturated carbocycles. The van der Waals surface area contributed by atoms with Crippen LogP contribution in [-0.2, 0) is 0 Å². The van der Waals surface area contributed by atoms with Gasteiger partial charge in [-0.05, 0) is 51.4 Å². The summed E-state index contributed by atoms with van der Waals surface area (Å²) in [5, 5.41) is 24.5. The molecule has 2 aromatic rings. The third-order valence-corrected chi connectivity index (χ3v) is 11.8. The van der Waals surface area contributed by atoms with Crippen LogP contribution in [-0.4, -0.2) is 63.1 Å². The number of phenols is 2. The minimum absolute atomic E-state index is 0.124. The van der Waals surface area contributed by atoms with Gasteiger partial charge in [0.05, 0.1) is 52.9 Å². The summed E-state index contributed by atoms with van der Waals surface area (Å²) < 4.78 is 53.4. The van der Waals surface area contributed by atoms with Crippen LogP contribution in [0.3, 0.4) is 0 Å². The van der Waals surface area contributed by atoms with Crippen LogP contribution in [0.1, 0.15) is 209 Å². The van der Waals surface area contributed by atoms with E-state index in [2.05, 4.69) is 55.4 Å². The number of ether oxygens (including phenoxy) is 8. The molecule has 0 radical (unpaired) electrons. The first-order valence-electron chi connectivity index (χ1n) is 25.5. The number of hydrogen-bond acceptors (Lipinski definition) is 11. The molecule has 2 N–H and O–H groups in total. The molecule has 0 bridgehead atoms. The molecule has 0 unspecified atom stereocenters. The fourth-order valence-corrected chi connectivity index (χ4v) is 7.99. The smallest absolute Gasteiger partial charge is 0.208 e. The van der Waals surface area contributed by atoms with Crippen molar-refractivity contribution in [2.45, 2.75) is 219 Å². The van der Waals surface area contributed by atoms with Crippen molar-refractivity contribution in [3.05, 3.63) is 0 Å². The number of benzene rings is 2. The zero-order chi connectivity index (χ0) is 45.9. The highest BCUT2D eigenvalue weighted by Gasteiger charge is 2.35. The van der Waals surface area contributed by atoms with Gasteiger partial charge in [0.15, 0.2) is 23.0 Å². The molecule has 0 heterocycles. The molecule has 364 valence electrons. The van der Waals surface area contributed by atoms with Crippen molar-refractivity contribution in [1.29, 1.82) is 0 Å². The fraction of sp³-hybridized carbons (Fsp3) is 0.769. The summed E-state index contributed by atoms with van der Waals surface area (Å²) in [5.41, 5.74) is 0. The molecule has 0 fully saturated rings. The van der Waals surface area contributed by atoms with Crippen molar-refractivity contribution in [2.24, 2.45) is 0 Å². The standard InChI is InChI=1S/C52H90O10S/c1-9-17-25-33-55-43-41(53)44(56-34-26-18-10-2)48(60-38-30-22-14-6)51(47(43)59-37-29-21-13-5)63-52-49(61-39-31-23-15-7)45(57-35-27-19-11-3)42(54)46(58-36-28-20-12-4)50(52)62-40-32-24-16-8/h53-54H,9-40H2,1-8H3. The van der Waals surface area contributed by atoms with E-state index >= 15 is 0 Å². The van der Waals surface area contributed by atoms with Crippen LogP contribution in [0.25, 0.3) is 0 Å². The molecule has 10 nitrogen and oxygen atoms in total. The van der Waals surface area contributed by atoms with Crippen molar-refractivity contribution >= 4 is 11.8 Å². The van der Waals surface area contributed by atoms with E-state index in [4.69, 9.17) is 37.9 Å². The van der Waals surface area contributed by atoms with Gasteiger partial charge in [0.2, 0.25) is 34.5 Å². The Morgan fingerprint density at radius 2 is 0.413 bits per heavy atom. The lowest BCUT2D eigenvalue weighted by Crippen LogP contribution is -2.11. The first-order chi connectivity index (χ1) is 30.9. The van der Waals surface area contributed by atoms with E-state index in [-0.39, 0.29) is 34.5 Å². The fourth-order valence-electron chi connectivity index (χ4n) is 6.81. The van der Waals surface area contributed by atoms with Crippen molar-refractivity contribution in [2.75, 3.05) is 52.9 Å². The van der Waals surface area contributed by atoms with Crippen LogP contribution in [0, 0.1) is 0 Å². The number of phenolic OH excluding ortho intramolecular Hbond substituents is 2. The predicted octanol–water partition coefficient (Wildman–Crippen LogP) is 15.8. The second kappa shape index (κ2) is 36.1. The molecule has 11 heteroatoms. The van der Waals surface area contributed by atoms with Gasteiger partial charge in [-0.25, -0.2) is 0 Å². The maximum Gasteiger partial charge on any atom is 0.208 e. The Kier molecular flexibility index (Phi) is 32.0. The molecule has 0 aliphatic heterocycles. The highest BCUT2D eigenvalue weighted by Crippen LogP contribution is 2.63. The minimum Gasteiger partial charge on any atom is -0.501 e. The van der Waals surface area contributed by atoms with Gasteiger partial charge in [0, 0.05) is 0 Å². The molecular formula is C52H90O10S. The Morgan fingerprint density at radius 3 is 0.571 bits per heavy atom. The number of hydrogen-bond donors (Lipinski definition) is 2. The van der Waals surface area contributed by atoms with Crippen LogP contribution in [0.15, 0.2) is 9.79 Å². The molecule has 0 aromatic heterocycles. The van der Waals surface area contributed by atoms with E-state index in [0.717, 1.165) is 154 Å². The molecule has 0 spiro atoms. The zero-order valence-electron chi connectivity index (χ0n) is 41.2. The summed E-state index contributed by atoms with van der Waals surface area (Å²) in [6.07, 6.45) is 22.7. The summed E-state index contributed by atoms with van der Waals surface area (Å²) >= 11 is 1.36. The number of aromatic hydroxyl groups is 2. The van der Waals surface area contributed by atoms with Crippen LogP contribution >= 0.6 is 11.8 Å². The number of unbranched alkanes of at least 4 members (excludes halogenated alkanes) is 16. The molecule has 0 aliphatic rings. The topological polar surface area (TPSA) is 114 Å². The van der Waals surface area contributed by atoms with E-state index in [1.807, 2.05) is 0 Å². The first kappa shape index (κ1) is 55.9. The summed E-state index contributed by atoms with van der Waals surface area (Å²) in [5.74, 6) is 2.22. The van der Waals surface area contributed by atoms with Crippen LogP contribution in [0.4, 0.5) is 0 Å². The second-order valence-corrected chi connectivity index (χ2v) is 17.6. The van der Waals surface area contributed by atoms with Crippen LogP contribution < -0.4 is 37.9 Å². The third kappa shape index (κ3) is 20.2. The molecular weight excluding hydrogens is 817 g/mol. The van der Waals surface area contributed by atoms with Crippen molar-refractivity contribution in [3.63, 3.8) is 0 Å². The van der Waals surface area contributed by atoms with Gasteiger partial charge in [-0.3, -0.25) is 0 Å². The highest BCUT2D eigenvalue weighted by molar-refractivity contribution is 7.99. The summed E-state index contributed by atoms with van der Waals surface area (Å²) in [4.78, 5) is 1.15. The third-order valence-electron chi connectivity index (χ3n) is 10.7. The first-order valence-corrected chi connectivity index (χ1v) is 26.3. The van der Waals surface area contributed by atoms with Crippen molar-refractivity contribution in [3.8, 4) is 57.5 Å². The zero-order valence-corrected chi connectivity index (χ0v) is 42.0. The number of rotatable bonds is 42.